The Hall–Kier alpha value is -2.07. The van der Waals surface area contributed by atoms with E-state index in [4.69, 9.17) is 21.1 Å². The lowest BCUT2D eigenvalue weighted by molar-refractivity contribution is -0.122. The number of ketones is 1. The summed E-state index contributed by atoms with van der Waals surface area (Å²) in [4.78, 5) is 15.3. The largest absolute Gasteiger partial charge is 0.483 e. The lowest BCUT2D eigenvalue weighted by Gasteiger charge is -2.12. The minimum absolute atomic E-state index is 0.0223. The maximum Gasteiger partial charge on any atom is 0.238 e. The zero-order valence-electron chi connectivity index (χ0n) is 12.1. The molecule has 1 atom stereocenters. The van der Waals surface area contributed by atoms with Gasteiger partial charge in [-0.15, -0.1) is 0 Å². The summed E-state index contributed by atoms with van der Waals surface area (Å²) in [6.45, 7) is 5.11. The molecular formula is C16H16ClNO3. The van der Waals surface area contributed by atoms with E-state index >= 15 is 0 Å². The van der Waals surface area contributed by atoms with Gasteiger partial charge in [0.2, 0.25) is 5.88 Å². The van der Waals surface area contributed by atoms with E-state index in [0.717, 1.165) is 5.56 Å². The summed E-state index contributed by atoms with van der Waals surface area (Å²) in [6.07, 6.45) is 1.22. The molecule has 0 spiro atoms. The van der Waals surface area contributed by atoms with Gasteiger partial charge in [-0.25, -0.2) is 4.98 Å². The van der Waals surface area contributed by atoms with Crippen molar-refractivity contribution in [3.63, 3.8) is 0 Å². The minimum atomic E-state index is -0.468. The first-order valence-corrected chi connectivity index (χ1v) is 6.90. The molecule has 2 rings (SSSR count). The average molecular weight is 306 g/mol. The Bertz CT molecular complexity index is 640. The van der Waals surface area contributed by atoms with Crippen molar-refractivity contribution in [2.45, 2.75) is 26.9 Å². The molecule has 0 N–H and O–H groups in total. The second-order valence-electron chi connectivity index (χ2n) is 4.74. The predicted molar refractivity (Wildman–Crippen MR) is 81.3 cm³/mol. The van der Waals surface area contributed by atoms with Crippen molar-refractivity contribution >= 4 is 17.4 Å². The van der Waals surface area contributed by atoms with Gasteiger partial charge in [0.25, 0.3) is 0 Å². The normalized spacial score (nSPS) is 11.8. The lowest BCUT2D eigenvalue weighted by Crippen LogP contribution is -2.20. The van der Waals surface area contributed by atoms with Crippen LogP contribution in [0.5, 0.6) is 17.4 Å². The molecule has 1 aromatic heterocycles. The van der Waals surface area contributed by atoms with Crippen LogP contribution in [-0.4, -0.2) is 16.9 Å². The lowest BCUT2D eigenvalue weighted by atomic mass is 10.3. The van der Waals surface area contributed by atoms with Gasteiger partial charge in [-0.1, -0.05) is 11.6 Å². The first-order chi connectivity index (χ1) is 9.95. The van der Waals surface area contributed by atoms with E-state index in [1.807, 2.05) is 6.92 Å². The number of ether oxygens (including phenoxy) is 2. The second kappa shape index (κ2) is 6.59. The molecule has 0 radical (unpaired) electrons. The number of aromatic nitrogens is 1. The van der Waals surface area contributed by atoms with E-state index in [2.05, 4.69) is 4.98 Å². The van der Waals surface area contributed by atoms with Gasteiger partial charge in [0.05, 0.1) is 0 Å². The Morgan fingerprint density at radius 2 is 1.86 bits per heavy atom. The van der Waals surface area contributed by atoms with E-state index in [1.54, 1.807) is 43.5 Å². The third-order valence-electron chi connectivity index (χ3n) is 2.87. The van der Waals surface area contributed by atoms with Crippen LogP contribution in [0.3, 0.4) is 0 Å². The summed E-state index contributed by atoms with van der Waals surface area (Å²) in [5, 5.41) is 0.459. The Balaban J connectivity index is 2.07. The van der Waals surface area contributed by atoms with E-state index in [0.29, 0.717) is 22.4 Å². The van der Waals surface area contributed by atoms with Crippen LogP contribution in [-0.2, 0) is 4.79 Å². The maximum absolute atomic E-state index is 11.1. The molecule has 0 aliphatic rings. The van der Waals surface area contributed by atoms with Gasteiger partial charge in [0.1, 0.15) is 16.5 Å². The van der Waals surface area contributed by atoms with Crippen molar-refractivity contribution in [2.75, 3.05) is 0 Å². The van der Waals surface area contributed by atoms with E-state index < -0.39 is 6.10 Å². The van der Waals surface area contributed by atoms with Crippen molar-refractivity contribution in [3.05, 3.63) is 47.1 Å². The standard InChI is InChI=1S/C16H16ClNO3/c1-10-8-15(17)16(18-9-10)21-14-6-4-13(5-7-14)20-12(3)11(2)19/h4-9,12H,1-3H3/t12-/m1/s1. The minimum Gasteiger partial charge on any atom is -0.483 e. The van der Waals surface area contributed by atoms with Gasteiger partial charge in [-0.2, -0.15) is 0 Å². The third kappa shape index (κ3) is 4.20. The molecule has 21 heavy (non-hydrogen) atoms. The Morgan fingerprint density at radius 1 is 1.24 bits per heavy atom. The molecule has 0 saturated carbocycles. The second-order valence-corrected chi connectivity index (χ2v) is 5.15. The molecular weight excluding hydrogens is 290 g/mol. The smallest absolute Gasteiger partial charge is 0.238 e. The van der Waals surface area contributed by atoms with Crippen LogP contribution in [0.4, 0.5) is 0 Å². The predicted octanol–water partition coefficient (Wildman–Crippen LogP) is 4.19. The van der Waals surface area contributed by atoms with Gasteiger partial charge in [-0.3, -0.25) is 4.79 Å². The van der Waals surface area contributed by atoms with Crippen molar-refractivity contribution < 1.29 is 14.3 Å². The summed E-state index contributed by atoms with van der Waals surface area (Å²) in [7, 11) is 0. The zero-order valence-corrected chi connectivity index (χ0v) is 12.8. The van der Waals surface area contributed by atoms with Crippen LogP contribution < -0.4 is 9.47 Å². The summed E-state index contributed by atoms with van der Waals surface area (Å²) >= 11 is 6.06. The molecule has 0 amide bonds. The summed E-state index contributed by atoms with van der Waals surface area (Å²) in [5.74, 6) is 1.53. The topological polar surface area (TPSA) is 48.4 Å². The van der Waals surface area contributed by atoms with Crippen LogP contribution in [0.25, 0.3) is 0 Å². The van der Waals surface area contributed by atoms with Gasteiger partial charge in [0.15, 0.2) is 11.9 Å². The number of benzene rings is 1. The number of halogens is 1. The summed E-state index contributed by atoms with van der Waals surface area (Å²) in [5.41, 5.74) is 0.967. The number of hydrogen-bond acceptors (Lipinski definition) is 4. The fraction of sp³-hybridized carbons (Fsp3) is 0.250. The molecule has 0 fully saturated rings. The third-order valence-corrected chi connectivity index (χ3v) is 3.14. The molecule has 2 aromatic rings. The van der Waals surface area contributed by atoms with Gasteiger partial charge >= 0.3 is 0 Å². The molecule has 110 valence electrons. The number of hydrogen-bond donors (Lipinski definition) is 0. The molecule has 1 heterocycles. The number of carbonyl (C=O) groups is 1. The highest BCUT2D eigenvalue weighted by molar-refractivity contribution is 6.31. The van der Waals surface area contributed by atoms with Gasteiger partial charge in [0, 0.05) is 6.20 Å². The highest BCUT2D eigenvalue weighted by Gasteiger charge is 2.09. The van der Waals surface area contributed by atoms with Crippen LogP contribution in [0.15, 0.2) is 36.5 Å². The molecule has 0 aliphatic heterocycles. The Labute approximate surface area is 128 Å². The van der Waals surface area contributed by atoms with E-state index in [1.165, 1.54) is 6.92 Å². The Kier molecular flexibility index (Phi) is 4.81. The number of carbonyl (C=O) groups excluding carboxylic acids is 1. The average Bonchev–Trinajstić information content (AvgIpc) is 2.43. The zero-order chi connectivity index (χ0) is 15.4. The van der Waals surface area contributed by atoms with Crippen molar-refractivity contribution in [3.8, 4) is 17.4 Å². The van der Waals surface area contributed by atoms with Crippen molar-refractivity contribution in [1.29, 1.82) is 0 Å². The SMILES string of the molecule is CC(=O)[C@@H](C)Oc1ccc(Oc2ncc(C)cc2Cl)cc1. The first kappa shape index (κ1) is 15.3. The van der Waals surface area contributed by atoms with Crippen LogP contribution in [0.1, 0.15) is 19.4 Å². The molecule has 1 aromatic carbocycles. The quantitative estimate of drug-likeness (QED) is 0.831. The number of Topliss-reactive ketones (excluding diaryl/α,β-unsaturated/α-hetero) is 1. The molecule has 0 bridgehead atoms. The van der Waals surface area contributed by atoms with Crippen LogP contribution >= 0.6 is 11.6 Å². The fourth-order valence-corrected chi connectivity index (χ4v) is 1.84. The van der Waals surface area contributed by atoms with Crippen LogP contribution in [0, 0.1) is 6.92 Å². The van der Waals surface area contributed by atoms with Crippen molar-refractivity contribution in [2.24, 2.45) is 0 Å². The first-order valence-electron chi connectivity index (χ1n) is 6.53. The monoisotopic (exact) mass is 305 g/mol. The van der Waals surface area contributed by atoms with Crippen molar-refractivity contribution in [1.82, 2.24) is 4.98 Å². The highest BCUT2D eigenvalue weighted by Crippen LogP contribution is 2.28. The van der Waals surface area contributed by atoms with E-state index in [9.17, 15) is 4.79 Å². The van der Waals surface area contributed by atoms with E-state index in [-0.39, 0.29) is 5.78 Å². The summed E-state index contributed by atoms with van der Waals surface area (Å²) in [6, 6.07) is 8.73. The Morgan fingerprint density at radius 3 is 2.43 bits per heavy atom. The molecule has 0 saturated heterocycles. The molecule has 5 heteroatoms. The number of pyridine rings is 1. The highest BCUT2D eigenvalue weighted by atomic mass is 35.5. The van der Waals surface area contributed by atoms with Crippen LogP contribution in [0.2, 0.25) is 5.02 Å². The maximum atomic E-state index is 11.1. The number of nitrogens with zero attached hydrogens (tertiary/aromatic N) is 1. The molecule has 0 aliphatic carbocycles. The summed E-state index contributed by atoms with van der Waals surface area (Å²) < 4.78 is 11.1. The molecule has 4 nitrogen and oxygen atoms in total. The molecule has 0 unspecified atom stereocenters. The van der Waals surface area contributed by atoms with Gasteiger partial charge < -0.3 is 9.47 Å². The number of rotatable bonds is 5. The number of aryl methyl sites for hydroxylation is 1. The fourth-order valence-electron chi connectivity index (χ4n) is 1.58. The van der Waals surface area contributed by atoms with Gasteiger partial charge in [-0.05, 0) is 56.7 Å².